The molecule has 2 saturated heterocycles. The molecule has 42 heavy (non-hydrogen) atoms. The zero-order valence-corrected chi connectivity index (χ0v) is 25.6. The molecule has 1 aromatic heterocycles. The molecule has 1 aromatic carbocycles. The molecule has 0 saturated carbocycles. The summed E-state index contributed by atoms with van der Waals surface area (Å²) < 4.78 is 19.0. The number of aryl methyl sites for hydroxylation is 1. The minimum absolute atomic E-state index is 0.122. The van der Waals surface area contributed by atoms with Gasteiger partial charge in [0.25, 0.3) is 0 Å². The third-order valence-electron chi connectivity index (χ3n) is 7.49. The molecule has 4 atom stereocenters. The van der Waals surface area contributed by atoms with Gasteiger partial charge in [-0.05, 0) is 83.5 Å². The molecule has 4 rings (SSSR count). The maximum Gasteiger partial charge on any atom is 0.325 e. The van der Waals surface area contributed by atoms with Gasteiger partial charge >= 0.3 is 12.0 Å². The summed E-state index contributed by atoms with van der Waals surface area (Å²) in [7, 11) is 0. The van der Waals surface area contributed by atoms with Gasteiger partial charge in [-0.15, -0.1) is 0 Å². The molecule has 2 fully saturated rings. The number of halogens is 1. The van der Waals surface area contributed by atoms with Crippen LogP contribution in [0.3, 0.4) is 0 Å². The molecule has 12 heteroatoms. The molecule has 3 amide bonds. The van der Waals surface area contributed by atoms with Crippen LogP contribution >= 0.6 is 11.3 Å². The van der Waals surface area contributed by atoms with Crippen LogP contribution in [0.4, 0.5) is 14.3 Å². The van der Waals surface area contributed by atoms with Crippen molar-refractivity contribution in [2.75, 3.05) is 25.0 Å². The number of urea groups is 1. The van der Waals surface area contributed by atoms with Gasteiger partial charge in [0, 0.05) is 20.0 Å². The summed E-state index contributed by atoms with van der Waals surface area (Å²) in [4.78, 5) is 58.8. The molecular formula is C30H40FN5O5S. The highest BCUT2D eigenvalue weighted by Crippen LogP contribution is 2.28. The van der Waals surface area contributed by atoms with E-state index in [0.29, 0.717) is 36.6 Å². The van der Waals surface area contributed by atoms with E-state index in [9.17, 15) is 23.6 Å². The highest BCUT2D eigenvalue weighted by Gasteiger charge is 2.45. The Hall–Kier alpha value is -3.38. The van der Waals surface area contributed by atoms with Gasteiger partial charge in [0.15, 0.2) is 10.9 Å². The Labute approximate surface area is 249 Å². The second-order valence-electron chi connectivity index (χ2n) is 12.1. The first kappa shape index (κ1) is 31.6. The lowest BCUT2D eigenvalue weighted by Crippen LogP contribution is -2.65. The number of nitrogens with zero attached hydrogens (tertiary/aromatic N) is 2. The summed E-state index contributed by atoms with van der Waals surface area (Å²) in [6.45, 7) is 9.95. The molecular weight excluding hydrogens is 561 g/mol. The number of ketones is 1. The molecule has 2 aliphatic rings. The number of esters is 1. The van der Waals surface area contributed by atoms with Crippen molar-refractivity contribution >= 4 is 40.2 Å². The number of piperidine rings is 2. The fourth-order valence-electron chi connectivity index (χ4n) is 5.67. The quantitative estimate of drug-likeness (QED) is 0.322. The summed E-state index contributed by atoms with van der Waals surface area (Å²) in [5, 5.41) is 8.91. The van der Waals surface area contributed by atoms with Crippen molar-refractivity contribution in [1.29, 1.82) is 0 Å². The minimum atomic E-state index is -0.941. The van der Waals surface area contributed by atoms with Crippen LogP contribution in [0.15, 0.2) is 24.3 Å². The number of aromatic nitrogens is 1. The monoisotopic (exact) mass is 601 g/mol. The Bertz CT molecular complexity index is 1310. The van der Waals surface area contributed by atoms with Gasteiger partial charge in [0.2, 0.25) is 5.91 Å². The largest absolute Gasteiger partial charge is 0.459 e. The molecule has 0 radical (unpaired) electrons. The average molecular weight is 602 g/mol. The van der Waals surface area contributed by atoms with Gasteiger partial charge in [0.1, 0.15) is 17.5 Å². The normalized spacial score (nSPS) is 22.8. The lowest BCUT2D eigenvalue weighted by Gasteiger charge is -2.42. The van der Waals surface area contributed by atoms with E-state index in [1.807, 2.05) is 4.90 Å². The Morgan fingerprint density at radius 2 is 1.88 bits per heavy atom. The highest BCUT2D eigenvalue weighted by atomic mass is 32.1. The number of benzene rings is 1. The Morgan fingerprint density at radius 3 is 2.52 bits per heavy atom. The van der Waals surface area contributed by atoms with E-state index < -0.39 is 35.6 Å². The fourth-order valence-corrected chi connectivity index (χ4v) is 6.53. The van der Waals surface area contributed by atoms with Crippen LogP contribution < -0.4 is 16.0 Å². The molecule has 2 aliphatic heterocycles. The molecule has 0 aliphatic carbocycles. The third-order valence-corrected chi connectivity index (χ3v) is 8.67. The summed E-state index contributed by atoms with van der Waals surface area (Å²) in [6, 6.07) is 3.98. The van der Waals surface area contributed by atoms with Crippen LogP contribution in [0.2, 0.25) is 0 Å². The van der Waals surface area contributed by atoms with Gasteiger partial charge in [0.05, 0.1) is 22.5 Å². The molecule has 3 heterocycles. The predicted molar refractivity (Wildman–Crippen MR) is 158 cm³/mol. The van der Waals surface area contributed by atoms with E-state index in [-0.39, 0.29) is 28.6 Å². The lowest BCUT2D eigenvalue weighted by molar-refractivity contribution is -0.160. The van der Waals surface area contributed by atoms with Crippen molar-refractivity contribution in [2.24, 2.45) is 11.8 Å². The van der Waals surface area contributed by atoms with Gasteiger partial charge in [-0.2, -0.15) is 0 Å². The number of Topliss-reactive ketones (excluding diaryl/α,β-unsaturated/α-hetero) is 1. The zero-order chi connectivity index (χ0) is 30.6. The summed E-state index contributed by atoms with van der Waals surface area (Å²) >= 11 is 1.07. The number of amides is 3. The van der Waals surface area contributed by atoms with E-state index >= 15 is 0 Å². The second-order valence-corrected chi connectivity index (χ2v) is 13.1. The maximum absolute atomic E-state index is 14.0. The first-order chi connectivity index (χ1) is 19.8. The van der Waals surface area contributed by atoms with Crippen LogP contribution in [-0.2, 0) is 20.7 Å². The first-order valence-electron chi connectivity index (χ1n) is 14.4. The number of nitrogens with one attached hydrogen (secondary N) is 3. The molecule has 228 valence electrons. The minimum Gasteiger partial charge on any atom is -0.459 e. The number of ether oxygens (including phenoxy) is 1. The van der Waals surface area contributed by atoms with Crippen molar-refractivity contribution in [1.82, 2.24) is 20.5 Å². The number of thiazole rings is 1. The fraction of sp³-hybridized carbons (Fsp3) is 0.567. The van der Waals surface area contributed by atoms with Crippen molar-refractivity contribution in [3.05, 3.63) is 46.2 Å². The third kappa shape index (κ3) is 8.13. The van der Waals surface area contributed by atoms with Gasteiger partial charge in [-0.25, -0.2) is 14.2 Å². The van der Waals surface area contributed by atoms with Crippen LogP contribution in [0.5, 0.6) is 0 Å². The van der Waals surface area contributed by atoms with Gasteiger partial charge in [-0.1, -0.05) is 23.5 Å². The van der Waals surface area contributed by atoms with Crippen LogP contribution in [0, 0.1) is 24.6 Å². The summed E-state index contributed by atoms with van der Waals surface area (Å²) in [6.07, 6.45) is 2.94. The molecule has 10 nitrogen and oxygen atoms in total. The number of hydrogen-bond acceptors (Lipinski definition) is 8. The summed E-state index contributed by atoms with van der Waals surface area (Å²) in [5.74, 6) is -1.55. The van der Waals surface area contributed by atoms with E-state index in [1.165, 1.54) is 19.1 Å². The molecule has 0 bridgehead atoms. The number of anilines is 1. The van der Waals surface area contributed by atoms with E-state index in [0.717, 1.165) is 36.2 Å². The Balaban J connectivity index is 1.51. The predicted octanol–water partition coefficient (Wildman–Crippen LogP) is 4.08. The Morgan fingerprint density at radius 1 is 1.17 bits per heavy atom. The van der Waals surface area contributed by atoms with E-state index in [4.69, 9.17) is 4.74 Å². The number of likely N-dealkylation sites (tertiary alicyclic amines) is 1. The first-order valence-corrected chi connectivity index (χ1v) is 15.2. The Kier molecular flexibility index (Phi) is 9.98. The standard InChI is InChI=1S/C30H40FN5O5S/c1-17-25(18(2)37)42-29(33-17)35-28(40)34-23-22(12-13-32-24(23)27(39)41-30(3,4)5)26(38)36-14-6-7-20(16-36)15-19-8-10-21(31)11-9-19/h8-11,20,22-24,32H,6-7,12-16H2,1-5H3,(H2,33,34,35,40). The smallest absolute Gasteiger partial charge is 0.325 e. The van der Waals surface area contributed by atoms with Crippen molar-refractivity contribution < 1.29 is 28.3 Å². The number of carbonyl (C=O) groups is 4. The highest BCUT2D eigenvalue weighted by molar-refractivity contribution is 7.17. The number of rotatable bonds is 7. The topological polar surface area (TPSA) is 130 Å². The van der Waals surface area contributed by atoms with Gasteiger partial charge in [-0.3, -0.25) is 19.7 Å². The molecule has 3 N–H and O–H groups in total. The van der Waals surface area contributed by atoms with Crippen LogP contribution in [0.1, 0.15) is 67.9 Å². The summed E-state index contributed by atoms with van der Waals surface area (Å²) in [5.41, 5.74) is 0.774. The zero-order valence-electron chi connectivity index (χ0n) is 24.8. The van der Waals surface area contributed by atoms with Crippen molar-refractivity contribution in [3.8, 4) is 0 Å². The molecule has 0 spiro atoms. The van der Waals surface area contributed by atoms with Crippen molar-refractivity contribution in [2.45, 2.75) is 78.0 Å². The van der Waals surface area contributed by atoms with E-state index in [2.05, 4.69) is 20.9 Å². The molecule has 2 aromatic rings. The van der Waals surface area contributed by atoms with E-state index in [1.54, 1.807) is 39.8 Å². The van der Waals surface area contributed by atoms with Gasteiger partial charge < -0.3 is 20.3 Å². The molecule has 4 unspecified atom stereocenters. The van der Waals surface area contributed by atoms with Crippen LogP contribution in [0.25, 0.3) is 0 Å². The van der Waals surface area contributed by atoms with Crippen molar-refractivity contribution in [3.63, 3.8) is 0 Å². The number of hydrogen-bond donors (Lipinski definition) is 3. The second kappa shape index (κ2) is 13.3. The van der Waals surface area contributed by atoms with Crippen LogP contribution in [-0.4, -0.2) is 70.9 Å². The maximum atomic E-state index is 14.0. The number of carbonyl (C=O) groups excluding carboxylic acids is 4. The lowest BCUT2D eigenvalue weighted by atomic mass is 9.84. The average Bonchev–Trinajstić information content (AvgIpc) is 3.28. The SMILES string of the molecule is CC(=O)c1sc(NC(=O)NC2C(C(=O)N3CCCC(Cc4ccc(F)cc4)C3)CCNC2C(=O)OC(C)(C)C)nc1C.